The molecule has 0 aliphatic carbocycles. The van der Waals surface area contributed by atoms with Crippen LogP contribution in [0.3, 0.4) is 0 Å². The molecule has 3 rings (SSSR count). The van der Waals surface area contributed by atoms with Gasteiger partial charge in [0.1, 0.15) is 22.6 Å². The maximum absolute atomic E-state index is 12.7. The number of amides is 2. The molecule has 0 spiro atoms. The van der Waals surface area contributed by atoms with Crippen molar-refractivity contribution in [2.45, 2.75) is 38.5 Å². The van der Waals surface area contributed by atoms with Crippen molar-refractivity contribution in [3.63, 3.8) is 0 Å². The Bertz CT molecular complexity index is 995. The number of aromatic nitrogens is 2. The van der Waals surface area contributed by atoms with Gasteiger partial charge in [-0.15, -0.1) is 0 Å². The van der Waals surface area contributed by atoms with E-state index in [1.165, 1.54) is 18.1 Å². The molecule has 2 amide bonds. The quantitative estimate of drug-likeness (QED) is 0.671. The third kappa shape index (κ3) is 5.73. The standard InChI is InChI=1S/C22H27ClN4O5/c1-22(2,3)32-21(30)27-10-18(31-12-15(27)11-28)14-8-16(26-19(23)9-14)13-5-6-25-17(7-13)20(29)24-4/h5-9,15,18,28H,10-12H2,1-4H3,(H,24,29)/t15-,18-/m0/s1. The molecule has 1 saturated heterocycles. The molecule has 10 heteroatoms. The van der Waals surface area contributed by atoms with Crippen LogP contribution >= 0.6 is 11.6 Å². The first kappa shape index (κ1) is 23.9. The van der Waals surface area contributed by atoms with Crippen LogP contribution in [0.1, 0.15) is 42.9 Å². The molecular weight excluding hydrogens is 436 g/mol. The van der Waals surface area contributed by atoms with Crippen molar-refractivity contribution in [2.24, 2.45) is 0 Å². The monoisotopic (exact) mass is 462 g/mol. The van der Waals surface area contributed by atoms with Crippen molar-refractivity contribution in [3.05, 3.63) is 46.9 Å². The van der Waals surface area contributed by atoms with E-state index in [0.29, 0.717) is 16.8 Å². The van der Waals surface area contributed by atoms with E-state index in [4.69, 9.17) is 21.1 Å². The molecule has 2 aromatic rings. The summed E-state index contributed by atoms with van der Waals surface area (Å²) in [5.74, 6) is -0.312. The summed E-state index contributed by atoms with van der Waals surface area (Å²) in [7, 11) is 1.53. The largest absolute Gasteiger partial charge is 0.444 e. The van der Waals surface area contributed by atoms with Gasteiger partial charge in [-0.2, -0.15) is 0 Å². The highest BCUT2D eigenvalue weighted by atomic mass is 35.5. The van der Waals surface area contributed by atoms with Gasteiger partial charge in [0.15, 0.2) is 0 Å². The van der Waals surface area contributed by atoms with Gasteiger partial charge in [-0.25, -0.2) is 9.78 Å². The van der Waals surface area contributed by atoms with Crippen molar-refractivity contribution in [2.75, 3.05) is 26.8 Å². The molecule has 172 valence electrons. The van der Waals surface area contributed by atoms with Gasteiger partial charge < -0.3 is 19.9 Å². The maximum atomic E-state index is 12.7. The molecule has 0 saturated carbocycles. The fraction of sp³-hybridized carbons (Fsp3) is 0.455. The van der Waals surface area contributed by atoms with Crippen LogP contribution in [0.2, 0.25) is 5.15 Å². The number of pyridine rings is 2. The van der Waals surface area contributed by atoms with E-state index in [2.05, 4.69) is 15.3 Å². The summed E-state index contributed by atoms with van der Waals surface area (Å²) < 4.78 is 11.4. The molecule has 1 aliphatic rings. The minimum absolute atomic E-state index is 0.145. The lowest BCUT2D eigenvalue weighted by atomic mass is 10.0. The summed E-state index contributed by atoms with van der Waals surface area (Å²) in [6, 6.07) is 6.31. The van der Waals surface area contributed by atoms with E-state index in [1.54, 1.807) is 45.0 Å². The number of morpholine rings is 1. The Labute approximate surface area is 191 Å². The number of aliphatic hydroxyl groups is 1. The number of nitrogens with zero attached hydrogens (tertiary/aromatic N) is 3. The van der Waals surface area contributed by atoms with E-state index in [-0.39, 0.29) is 36.5 Å². The van der Waals surface area contributed by atoms with Gasteiger partial charge in [-0.05, 0) is 50.6 Å². The van der Waals surface area contributed by atoms with Gasteiger partial charge in [0, 0.05) is 18.8 Å². The first-order valence-electron chi connectivity index (χ1n) is 10.2. The molecule has 0 unspecified atom stereocenters. The summed E-state index contributed by atoms with van der Waals surface area (Å²) in [6.45, 7) is 5.44. The van der Waals surface area contributed by atoms with Gasteiger partial charge in [0.2, 0.25) is 0 Å². The minimum atomic E-state index is -0.665. The van der Waals surface area contributed by atoms with E-state index in [9.17, 15) is 14.7 Å². The Kier molecular flexibility index (Phi) is 7.33. The van der Waals surface area contributed by atoms with Crippen LogP contribution in [-0.4, -0.2) is 70.4 Å². The minimum Gasteiger partial charge on any atom is -0.444 e. The summed E-state index contributed by atoms with van der Waals surface area (Å²) >= 11 is 6.28. The number of ether oxygens (including phenoxy) is 2. The lowest BCUT2D eigenvalue weighted by molar-refractivity contribution is -0.0817. The van der Waals surface area contributed by atoms with Crippen LogP contribution in [0, 0.1) is 0 Å². The lowest BCUT2D eigenvalue weighted by Crippen LogP contribution is -2.52. The molecule has 1 fully saturated rings. The molecule has 2 aromatic heterocycles. The molecule has 0 bridgehead atoms. The number of halogens is 1. The van der Waals surface area contributed by atoms with Crippen LogP contribution in [-0.2, 0) is 9.47 Å². The number of carbonyl (C=O) groups is 2. The van der Waals surface area contributed by atoms with Crippen molar-refractivity contribution >= 4 is 23.6 Å². The SMILES string of the molecule is CNC(=O)c1cc(-c2cc([C@@H]3CN(C(=O)OC(C)(C)C)[C@@H](CO)CO3)cc(Cl)n2)ccn1. The van der Waals surface area contributed by atoms with Crippen LogP contribution in [0.4, 0.5) is 4.79 Å². The van der Waals surface area contributed by atoms with E-state index < -0.39 is 23.8 Å². The molecule has 32 heavy (non-hydrogen) atoms. The van der Waals surface area contributed by atoms with Crippen LogP contribution in [0.5, 0.6) is 0 Å². The molecule has 9 nitrogen and oxygen atoms in total. The first-order valence-corrected chi connectivity index (χ1v) is 10.6. The van der Waals surface area contributed by atoms with E-state index in [1.807, 2.05) is 0 Å². The Hall–Kier alpha value is -2.75. The lowest BCUT2D eigenvalue weighted by Gasteiger charge is -2.39. The zero-order valence-electron chi connectivity index (χ0n) is 18.5. The second kappa shape index (κ2) is 9.81. The third-order valence-corrected chi connectivity index (χ3v) is 5.03. The van der Waals surface area contributed by atoms with E-state index in [0.717, 1.165) is 0 Å². The molecular formula is C22H27ClN4O5. The summed E-state index contributed by atoms with van der Waals surface area (Å²) in [6.07, 6.45) is 0.509. The van der Waals surface area contributed by atoms with Crippen LogP contribution < -0.4 is 5.32 Å². The third-order valence-electron chi connectivity index (χ3n) is 4.84. The smallest absolute Gasteiger partial charge is 0.410 e. The number of nitrogens with one attached hydrogen (secondary N) is 1. The summed E-state index contributed by atoms with van der Waals surface area (Å²) in [4.78, 5) is 34.5. The molecule has 1 aliphatic heterocycles. The Morgan fingerprint density at radius 3 is 2.75 bits per heavy atom. The first-order chi connectivity index (χ1) is 15.1. The maximum Gasteiger partial charge on any atom is 0.410 e. The number of hydrogen-bond acceptors (Lipinski definition) is 7. The molecule has 0 radical (unpaired) electrons. The molecule has 2 atom stereocenters. The zero-order valence-corrected chi connectivity index (χ0v) is 19.2. The van der Waals surface area contributed by atoms with Crippen molar-refractivity contribution in [1.82, 2.24) is 20.2 Å². The van der Waals surface area contributed by atoms with Gasteiger partial charge in [0.25, 0.3) is 5.91 Å². The van der Waals surface area contributed by atoms with Crippen LogP contribution in [0.15, 0.2) is 30.5 Å². The Morgan fingerprint density at radius 2 is 2.09 bits per heavy atom. The number of aliphatic hydroxyl groups excluding tert-OH is 1. The fourth-order valence-electron chi connectivity index (χ4n) is 3.29. The van der Waals surface area contributed by atoms with Gasteiger partial charge in [-0.3, -0.25) is 14.7 Å². The highest BCUT2D eigenvalue weighted by molar-refractivity contribution is 6.29. The molecule has 3 heterocycles. The van der Waals surface area contributed by atoms with Gasteiger partial charge in [0.05, 0.1) is 31.5 Å². The zero-order chi connectivity index (χ0) is 23.5. The van der Waals surface area contributed by atoms with Crippen molar-refractivity contribution < 1.29 is 24.2 Å². The highest BCUT2D eigenvalue weighted by Gasteiger charge is 2.35. The van der Waals surface area contributed by atoms with Gasteiger partial charge in [-0.1, -0.05) is 11.6 Å². The van der Waals surface area contributed by atoms with Crippen LogP contribution in [0.25, 0.3) is 11.3 Å². The summed E-state index contributed by atoms with van der Waals surface area (Å²) in [5, 5.41) is 12.5. The normalized spacial score (nSPS) is 18.9. The second-order valence-electron chi connectivity index (χ2n) is 8.41. The Morgan fingerprint density at radius 1 is 1.34 bits per heavy atom. The average molecular weight is 463 g/mol. The van der Waals surface area contributed by atoms with E-state index >= 15 is 0 Å². The second-order valence-corrected chi connectivity index (χ2v) is 8.80. The predicted molar refractivity (Wildman–Crippen MR) is 118 cm³/mol. The number of hydrogen-bond donors (Lipinski definition) is 2. The Balaban J connectivity index is 1.89. The van der Waals surface area contributed by atoms with Gasteiger partial charge >= 0.3 is 6.09 Å². The van der Waals surface area contributed by atoms with Crippen molar-refractivity contribution in [1.29, 1.82) is 0 Å². The number of carbonyl (C=O) groups excluding carboxylic acids is 2. The number of rotatable bonds is 4. The fourth-order valence-corrected chi connectivity index (χ4v) is 3.50. The predicted octanol–water partition coefficient (Wildman–Crippen LogP) is 2.83. The molecule has 0 aromatic carbocycles. The molecule has 2 N–H and O–H groups in total. The average Bonchev–Trinajstić information content (AvgIpc) is 2.76. The topological polar surface area (TPSA) is 114 Å². The van der Waals surface area contributed by atoms with Crippen molar-refractivity contribution in [3.8, 4) is 11.3 Å². The summed E-state index contributed by atoms with van der Waals surface area (Å²) in [5.41, 5.74) is 1.50. The highest BCUT2D eigenvalue weighted by Crippen LogP contribution is 2.30.